The summed E-state index contributed by atoms with van der Waals surface area (Å²) in [5, 5.41) is 6.12. The van der Waals surface area contributed by atoms with E-state index in [1.807, 2.05) is 0 Å². The minimum Gasteiger partial charge on any atom is -0.386 e. The molecule has 0 radical (unpaired) electrons. The molecule has 0 saturated carbocycles. The number of nitrogens with zero attached hydrogens (tertiary/aromatic N) is 1. The number of amides is 1. The highest BCUT2D eigenvalue weighted by Gasteiger charge is 2.04. The van der Waals surface area contributed by atoms with Crippen molar-refractivity contribution in [1.82, 2.24) is 5.32 Å². The molecular formula is C16H14F2N2O2. The van der Waals surface area contributed by atoms with E-state index in [0.717, 1.165) is 0 Å². The zero-order valence-corrected chi connectivity index (χ0v) is 11.6. The molecule has 6 heteroatoms. The van der Waals surface area contributed by atoms with Gasteiger partial charge in [0.1, 0.15) is 11.6 Å². The first-order chi connectivity index (χ1) is 10.6. The molecule has 0 aliphatic heterocycles. The first-order valence-corrected chi connectivity index (χ1v) is 6.56. The Balaban J connectivity index is 1.72. The minimum absolute atomic E-state index is 0.0799. The van der Waals surface area contributed by atoms with E-state index in [1.54, 1.807) is 18.2 Å². The van der Waals surface area contributed by atoms with Crippen molar-refractivity contribution in [3.8, 4) is 0 Å². The third-order valence-corrected chi connectivity index (χ3v) is 2.78. The number of hydrogen-bond acceptors (Lipinski definition) is 3. The zero-order valence-electron chi connectivity index (χ0n) is 11.6. The van der Waals surface area contributed by atoms with E-state index < -0.39 is 5.91 Å². The van der Waals surface area contributed by atoms with Crippen LogP contribution in [0.4, 0.5) is 8.78 Å². The molecule has 2 aromatic carbocycles. The fourth-order valence-electron chi connectivity index (χ4n) is 1.63. The molecule has 4 nitrogen and oxygen atoms in total. The fourth-order valence-corrected chi connectivity index (χ4v) is 1.63. The van der Waals surface area contributed by atoms with E-state index in [4.69, 9.17) is 4.84 Å². The SMILES string of the molecule is O=C(CO/N=C/c1ccc(F)cc1)NCc1ccccc1F. The van der Waals surface area contributed by atoms with Gasteiger partial charge in [0, 0.05) is 12.1 Å². The lowest BCUT2D eigenvalue weighted by Crippen LogP contribution is -2.26. The summed E-state index contributed by atoms with van der Waals surface area (Å²) in [6.07, 6.45) is 1.36. The van der Waals surface area contributed by atoms with Gasteiger partial charge < -0.3 is 10.2 Å². The first kappa shape index (κ1) is 15.6. The number of oxime groups is 1. The van der Waals surface area contributed by atoms with Gasteiger partial charge in [-0.1, -0.05) is 35.5 Å². The van der Waals surface area contributed by atoms with Crippen molar-refractivity contribution in [1.29, 1.82) is 0 Å². The van der Waals surface area contributed by atoms with E-state index in [-0.39, 0.29) is 24.8 Å². The lowest BCUT2D eigenvalue weighted by molar-refractivity contribution is -0.125. The van der Waals surface area contributed by atoms with Crippen molar-refractivity contribution in [3.63, 3.8) is 0 Å². The molecule has 2 rings (SSSR count). The summed E-state index contributed by atoms with van der Waals surface area (Å²) in [7, 11) is 0. The second kappa shape index (κ2) is 7.87. The Morgan fingerprint density at radius 2 is 1.86 bits per heavy atom. The maximum absolute atomic E-state index is 13.3. The van der Waals surface area contributed by atoms with Gasteiger partial charge in [-0.15, -0.1) is 0 Å². The Labute approximate surface area is 126 Å². The molecule has 0 fully saturated rings. The number of benzene rings is 2. The number of carbonyl (C=O) groups is 1. The van der Waals surface area contributed by atoms with Crippen LogP contribution < -0.4 is 5.32 Å². The predicted octanol–water partition coefficient (Wildman–Crippen LogP) is 2.63. The van der Waals surface area contributed by atoms with E-state index in [0.29, 0.717) is 11.1 Å². The lowest BCUT2D eigenvalue weighted by atomic mass is 10.2. The molecular weight excluding hydrogens is 290 g/mol. The third kappa shape index (κ3) is 4.97. The summed E-state index contributed by atoms with van der Waals surface area (Å²) in [5.41, 5.74) is 1.04. The molecule has 22 heavy (non-hydrogen) atoms. The normalized spacial score (nSPS) is 10.6. The maximum atomic E-state index is 13.3. The van der Waals surface area contributed by atoms with Crippen LogP contribution in [0.25, 0.3) is 0 Å². The van der Waals surface area contributed by atoms with Crippen LogP contribution in [0, 0.1) is 11.6 Å². The van der Waals surface area contributed by atoms with Crippen molar-refractivity contribution in [3.05, 3.63) is 71.3 Å². The summed E-state index contributed by atoms with van der Waals surface area (Å²) < 4.78 is 26.0. The zero-order chi connectivity index (χ0) is 15.8. The molecule has 0 aromatic heterocycles. The molecule has 0 aliphatic rings. The standard InChI is InChI=1S/C16H14F2N2O2/c17-14-7-5-12(6-8-14)9-20-22-11-16(21)19-10-13-3-1-2-4-15(13)18/h1-9H,10-11H2,(H,19,21)/b20-9+. The topological polar surface area (TPSA) is 50.7 Å². The molecule has 0 heterocycles. The molecule has 0 spiro atoms. The van der Waals surface area contributed by atoms with Gasteiger partial charge in [0.25, 0.3) is 5.91 Å². The average Bonchev–Trinajstić information content (AvgIpc) is 2.52. The molecule has 0 aliphatic carbocycles. The van der Waals surface area contributed by atoms with Crippen LogP contribution in [0.15, 0.2) is 53.7 Å². The van der Waals surface area contributed by atoms with Crippen LogP contribution in [-0.4, -0.2) is 18.7 Å². The first-order valence-electron chi connectivity index (χ1n) is 6.56. The summed E-state index contributed by atoms with van der Waals surface area (Å²) in [6, 6.07) is 11.8. The number of hydrogen-bond donors (Lipinski definition) is 1. The smallest absolute Gasteiger partial charge is 0.261 e. The van der Waals surface area contributed by atoms with Gasteiger partial charge in [0.05, 0.1) is 6.21 Å². The molecule has 114 valence electrons. The van der Waals surface area contributed by atoms with Gasteiger partial charge in [0.2, 0.25) is 0 Å². The lowest BCUT2D eigenvalue weighted by Gasteiger charge is -2.05. The maximum Gasteiger partial charge on any atom is 0.261 e. The molecule has 1 N–H and O–H groups in total. The second-order valence-corrected chi connectivity index (χ2v) is 4.43. The van der Waals surface area contributed by atoms with Crippen LogP contribution in [0.5, 0.6) is 0 Å². The van der Waals surface area contributed by atoms with E-state index in [1.165, 1.54) is 36.5 Å². The summed E-state index contributed by atoms with van der Waals surface area (Å²) in [6.45, 7) is -0.206. The summed E-state index contributed by atoms with van der Waals surface area (Å²) in [4.78, 5) is 16.3. The van der Waals surface area contributed by atoms with Gasteiger partial charge in [-0.3, -0.25) is 4.79 Å². The predicted molar refractivity (Wildman–Crippen MR) is 78.2 cm³/mol. The van der Waals surface area contributed by atoms with Crippen LogP contribution in [0.1, 0.15) is 11.1 Å². The van der Waals surface area contributed by atoms with Crippen LogP contribution in [0.3, 0.4) is 0 Å². The van der Waals surface area contributed by atoms with Crippen molar-refractivity contribution < 1.29 is 18.4 Å². The Hall–Kier alpha value is -2.76. The largest absolute Gasteiger partial charge is 0.386 e. The number of carbonyl (C=O) groups excluding carboxylic acids is 1. The molecule has 0 unspecified atom stereocenters. The third-order valence-electron chi connectivity index (χ3n) is 2.78. The summed E-state index contributed by atoms with van der Waals surface area (Å²) >= 11 is 0. The number of nitrogens with one attached hydrogen (secondary N) is 1. The Morgan fingerprint density at radius 3 is 2.59 bits per heavy atom. The van der Waals surface area contributed by atoms with Crippen molar-refractivity contribution in [2.45, 2.75) is 6.54 Å². The number of rotatable bonds is 6. The van der Waals surface area contributed by atoms with E-state index >= 15 is 0 Å². The Bertz CT molecular complexity index is 657. The monoisotopic (exact) mass is 304 g/mol. The van der Waals surface area contributed by atoms with E-state index in [9.17, 15) is 13.6 Å². The Morgan fingerprint density at radius 1 is 1.14 bits per heavy atom. The highest BCUT2D eigenvalue weighted by atomic mass is 19.1. The molecule has 0 bridgehead atoms. The quantitative estimate of drug-likeness (QED) is 0.659. The Kier molecular flexibility index (Phi) is 5.59. The second-order valence-electron chi connectivity index (χ2n) is 4.43. The van der Waals surface area contributed by atoms with Gasteiger partial charge in [-0.25, -0.2) is 8.78 Å². The van der Waals surface area contributed by atoms with Crippen LogP contribution >= 0.6 is 0 Å². The highest BCUT2D eigenvalue weighted by molar-refractivity contribution is 5.79. The van der Waals surface area contributed by atoms with Gasteiger partial charge >= 0.3 is 0 Å². The molecule has 1 amide bonds. The average molecular weight is 304 g/mol. The van der Waals surface area contributed by atoms with Crippen LogP contribution in [0.2, 0.25) is 0 Å². The molecule has 2 aromatic rings. The van der Waals surface area contributed by atoms with Crippen molar-refractivity contribution >= 4 is 12.1 Å². The molecule has 0 atom stereocenters. The summed E-state index contributed by atoms with van der Waals surface area (Å²) in [5.74, 6) is -1.14. The minimum atomic E-state index is -0.417. The number of halogens is 2. The fraction of sp³-hybridized carbons (Fsp3) is 0.125. The van der Waals surface area contributed by atoms with Gasteiger partial charge in [-0.05, 0) is 23.8 Å². The van der Waals surface area contributed by atoms with Gasteiger partial charge in [0.15, 0.2) is 6.61 Å². The van der Waals surface area contributed by atoms with Gasteiger partial charge in [-0.2, -0.15) is 0 Å². The van der Waals surface area contributed by atoms with E-state index in [2.05, 4.69) is 10.5 Å². The highest BCUT2D eigenvalue weighted by Crippen LogP contribution is 2.05. The molecule has 0 saturated heterocycles. The van der Waals surface area contributed by atoms with Crippen molar-refractivity contribution in [2.24, 2.45) is 5.16 Å². The van der Waals surface area contributed by atoms with Crippen molar-refractivity contribution in [2.75, 3.05) is 6.61 Å². The van der Waals surface area contributed by atoms with Crippen LogP contribution in [-0.2, 0) is 16.2 Å².